The molecule has 0 unspecified atom stereocenters. The van der Waals surface area contributed by atoms with Crippen molar-refractivity contribution in [1.29, 1.82) is 0 Å². The molecule has 1 amide bonds. The molecule has 0 aliphatic rings. The van der Waals surface area contributed by atoms with Crippen LogP contribution in [0.15, 0.2) is 89.8 Å². The molecule has 0 spiro atoms. The number of carbonyl (C=O) groups is 1. The molecule has 6 nitrogen and oxygen atoms in total. The third-order valence-electron chi connectivity index (χ3n) is 5.23. The molecule has 162 valence electrons. The molecule has 7 heteroatoms. The van der Waals surface area contributed by atoms with Gasteiger partial charge in [-0.3, -0.25) is 4.79 Å². The van der Waals surface area contributed by atoms with E-state index in [0.717, 1.165) is 27.7 Å². The first-order valence-corrected chi connectivity index (χ1v) is 11.7. The molecule has 4 rings (SSSR count). The summed E-state index contributed by atoms with van der Waals surface area (Å²) in [6.07, 6.45) is 0.584. The highest BCUT2D eigenvalue weighted by molar-refractivity contribution is 7.89. The molecule has 4 aromatic rings. The number of benzene rings is 3. The van der Waals surface area contributed by atoms with Crippen LogP contribution in [0.25, 0.3) is 22.2 Å². The number of pyridine rings is 1. The van der Waals surface area contributed by atoms with E-state index < -0.39 is 10.0 Å². The summed E-state index contributed by atoms with van der Waals surface area (Å²) >= 11 is 0. The number of sulfonamides is 1. The second-order valence-electron chi connectivity index (χ2n) is 7.30. The van der Waals surface area contributed by atoms with Crippen LogP contribution < -0.4 is 10.0 Å². The van der Waals surface area contributed by atoms with Crippen molar-refractivity contribution in [3.63, 3.8) is 0 Å². The molecule has 1 heterocycles. The Kier molecular flexibility index (Phi) is 6.30. The molecule has 0 saturated carbocycles. The lowest BCUT2D eigenvalue weighted by Gasteiger charge is -2.11. The lowest BCUT2D eigenvalue weighted by molar-refractivity contribution is 0.0955. The third kappa shape index (κ3) is 4.69. The second kappa shape index (κ2) is 9.30. The molecular weight excluding hydrogens is 422 g/mol. The van der Waals surface area contributed by atoms with Gasteiger partial charge in [0.15, 0.2) is 0 Å². The molecule has 2 N–H and O–H groups in total. The van der Waals surface area contributed by atoms with E-state index in [4.69, 9.17) is 4.98 Å². The average molecular weight is 446 g/mol. The van der Waals surface area contributed by atoms with Crippen LogP contribution >= 0.6 is 0 Å². The van der Waals surface area contributed by atoms with Crippen LogP contribution in [0, 0.1) is 0 Å². The van der Waals surface area contributed by atoms with Crippen molar-refractivity contribution in [2.45, 2.75) is 11.3 Å². The minimum Gasteiger partial charge on any atom is -0.352 e. The highest BCUT2D eigenvalue weighted by atomic mass is 32.2. The zero-order valence-corrected chi connectivity index (χ0v) is 18.4. The van der Waals surface area contributed by atoms with Gasteiger partial charge in [0.25, 0.3) is 5.91 Å². The Hall–Kier alpha value is -3.55. The van der Waals surface area contributed by atoms with Crippen LogP contribution in [0.5, 0.6) is 0 Å². The molecule has 32 heavy (non-hydrogen) atoms. The van der Waals surface area contributed by atoms with Gasteiger partial charge in [-0.05, 0) is 43.3 Å². The largest absolute Gasteiger partial charge is 0.352 e. The van der Waals surface area contributed by atoms with Crippen molar-refractivity contribution in [1.82, 2.24) is 15.0 Å². The minimum atomic E-state index is -3.46. The van der Waals surface area contributed by atoms with E-state index in [1.54, 1.807) is 24.3 Å². The van der Waals surface area contributed by atoms with Gasteiger partial charge >= 0.3 is 0 Å². The monoisotopic (exact) mass is 445 g/mol. The van der Waals surface area contributed by atoms with Gasteiger partial charge in [0.05, 0.1) is 21.7 Å². The van der Waals surface area contributed by atoms with Crippen molar-refractivity contribution >= 4 is 26.8 Å². The van der Waals surface area contributed by atoms with Gasteiger partial charge in [-0.2, -0.15) is 0 Å². The first-order valence-electron chi connectivity index (χ1n) is 10.2. The number of carbonyl (C=O) groups excluding carboxylic acids is 1. The fourth-order valence-corrected chi connectivity index (χ4v) is 4.22. The van der Waals surface area contributed by atoms with Gasteiger partial charge in [-0.1, -0.05) is 60.7 Å². The molecule has 0 atom stereocenters. The smallest absolute Gasteiger partial charge is 0.252 e. The zero-order valence-electron chi connectivity index (χ0n) is 17.6. The second-order valence-corrected chi connectivity index (χ2v) is 9.18. The number of aromatic nitrogens is 1. The highest BCUT2D eigenvalue weighted by Crippen LogP contribution is 2.24. The molecule has 0 radical (unpaired) electrons. The average Bonchev–Trinajstić information content (AvgIpc) is 2.84. The van der Waals surface area contributed by atoms with Gasteiger partial charge in [0.2, 0.25) is 10.0 Å². The lowest BCUT2D eigenvalue weighted by Crippen LogP contribution is -2.26. The Morgan fingerprint density at radius 3 is 2.31 bits per heavy atom. The molecule has 0 fully saturated rings. The number of para-hydroxylation sites is 1. The number of nitrogens with zero attached hydrogens (tertiary/aromatic N) is 1. The zero-order chi connectivity index (χ0) is 22.6. The Bertz CT molecular complexity index is 1350. The van der Waals surface area contributed by atoms with Gasteiger partial charge in [-0.15, -0.1) is 0 Å². The van der Waals surface area contributed by atoms with Gasteiger partial charge in [0.1, 0.15) is 0 Å². The fourth-order valence-electron chi connectivity index (χ4n) is 3.49. The molecule has 1 aromatic heterocycles. The Morgan fingerprint density at radius 1 is 0.906 bits per heavy atom. The summed E-state index contributed by atoms with van der Waals surface area (Å²) in [4.78, 5) is 18.0. The van der Waals surface area contributed by atoms with Crippen LogP contribution in [0.1, 0.15) is 15.9 Å². The minimum absolute atomic E-state index is 0.171. The molecular formula is C25H23N3O3S. The number of hydrogen-bond acceptors (Lipinski definition) is 4. The summed E-state index contributed by atoms with van der Waals surface area (Å²) in [5.41, 5.74) is 3.97. The summed E-state index contributed by atoms with van der Waals surface area (Å²) in [6.45, 7) is 0.425. The molecule has 0 aliphatic heterocycles. The standard InChI is InChI=1S/C25H23N3O3S/c1-26-32(30,31)20-13-11-18(12-14-20)15-16-27-25(29)22-17-24(19-7-3-2-4-8-19)28-23-10-6-5-9-21(22)23/h2-14,17,26H,15-16H2,1H3,(H,27,29). The number of fused-ring (bicyclic) bond motifs is 1. The van der Waals surface area contributed by atoms with E-state index in [9.17, 15) is 13.2 Å². The van der Waals surface area contributed by atoms with E-state index in [0.29, 0.717) is 18.5 Å². The quantitative estimate of drug-likeness (QED) is 0.453. The molecule has 0 saturated heterocycles. The van der Waals surface area contributed by atoms with Crippen LogP contribution in [0.4, 0.5) is 0 Å². The first-order chi connectivity index (χ1) is 15.5. The normalized spacial score (nSPS) is 11.4. The molecule has 3 aromatic carbocycles. The number of hydrogen-bond donors (Lipinski definition) is 2. The maximum Gasteiger partial charge on any atom is 0.252 e. The fraction of sp³-hybridized carbons (Fsp3) is 0.120. The lowest BCUT2D eigenvalue weighted by atomic mass is 10.0. The summed E-state index contributed by atoms with van der Waals surface area (Å²) < 4.78 is 26.0. The van der Waals surface area contributed by atoms with Crippen molar-refractivity contribution in [2.75, 3.05) is 13.6 Å². The van der Waals surface area contributed by atoms with Crippen LogP contribution in [-0.2, 0) is 16.4 Å². The van der Waals surface area contributed by atoms with Crippen LogP contribution in [0.3, 0.4) is 0 Å². The highest BCUT2D eigenvalue weighted by Gasteiger charge is 2.14. The van der Waals surface area contributed by atoms with Crippen molar-refractivity contribution in [3.8, 4) is 11.3 Å². The van der Waals surface area contributed by atoms with E-state index in [1.807, 2.05) is 60.7 Å². The SMILES string of the molecule is CNS(=O)(=O)c1ccc(CCNC(=O)c2cc(-c3ccccc3)nc3ccccc23)cc1. The predicted octanol–water partition coefficient (Wildman–Crippen LogP) is 3.78. The Balaban J connectivity index is 1.51. The van der Waals surface area contributed by atoms with Crippen molar-refractivity contribution < 1.29 is 13.2 Å². The van der Waals surface area contributed by atoms with E-state index in [1.165, 1.54) is 7.05 Å². The summed E-state index contributed by atoms with van der Waals surface area (Å²) in [7, 11) is -2.08. The number of rotatable bonds is 7. The van der Waals surface area contributed by atoms with Crippen LogP contribution in [-0.4, -0.2) is 32.9 Å². The topological polar surface area (TPSA) is 88.2 Å². The van der Waals surface area contributed by atoms with Gasteiger partial charge in [0, 0.05) is 17.5 Å². The Morgan fingerprint density at radius 2 is 1.59 bits per heavy atom. The van der Waals surface area contributed by atoms with Crippen molar-refractivity contribution in [2.24, 2.45) is 0 Å². The summed E-state index contributed by atoms with van der Waals surface area (Å²) in [5.74, 6) is -0.171. The van der Waals surface area contributed by atoms with Gasteiger partial charge in [-0.25, -0.2) is 18.1 Å². The van der Waals surface area contributed by atoms with E-state index in [2.05, 4.69) is 10.0 Å². The summed E-state index contributed by atoms with van der Waals surface area (Å²) in [5, 5.41) is 3.77. The third-order valence-corrected chi connectivity index (χ3v) is 6.66. The maximum absolute atomic E-state index is 13.0. The molecule has 0 bridgehead atoms. The number of amides is 1. The van der Waals surface area contributed by atoms with E-state index in [-0.39, 0.29) is 10.8 Å². The van der Waals surface area contributed by atoms with E-state index >= 15 is 0 Å². The van der Waals surface area contributed by atoms with Crippen molar-refractivity contribution in [3.05, 3.63) is 96.1 Å². The molecule has 0 aliphatic carbocycles. The Labute approximate surface area is 187 Å². The number of nitrogens with one attached hydrogen (secondary N) is 2. The van der Waals surface area contributed by atoms with Crippen LogP contribution in [0.2, 0.25) is 0 Å². The first kappa shape index (κ1) is 21.7. The van der Waals surface area contributed by atoms with Gasteiger partial charge < -0.3 is 5.32 Å². The summed E-state index contributed by atoms with van der Waals surface area (Å²) in [6, 6.07) is 25.8. The predicted molar refractivity (Wildman–Crippen MR) is 126 cm³/mol. The maximum atomic E-state index is 13.0.